The fourth-order valence-corrected chi connectivity index (χ4v) is 3.85. The maximum absolute atomic E-state index is 12.2. The Morgan fingerprint density at radius 1 is 1.21 bits per heavy atom. The predicted molar refractivity (Wildman–Crippen MR) is 98.2 cm³/mol. The molecule has 3 unspecified atom stereocenters. The number of hydrogen-bond acceptors (Lipinski definition) is 4. The Balaban J connectivity index is 1.74. The van der Waals surface area contributed by atoms with E-state index in [4.69, 9.17) is 11.6 Å². The maximum atomic E-state index is 12.2. The van der Waals surface area contributed by atoms with Gasteiger partial charge in [0.25, 0.3) is 5.91 Å². The lowest BCUT2D eigenvalue weighted by atomic mass is 9.99. The van der Waals surface area contributed by atoms with Crippen LogP contribution in [0.25, 0.3) is 0 Å². The summed E-state index contributed by atoms with van der Waals surface area (Å²) in [7, 11) is 0. The average molecular weight is 418 g/mol. The minimum atomic E-state index is -0.350. The van der Waals surface area contributed by atoms with E-state index in [0.29, 0.717) is 29.6 Å². The van der Waals surface area contributed by atoms with E-state index in [1.165, 1.54) is 0 Å². The van der Waals surface area contributed by atoms with E-state index in [9.17, 15) is 9.59 Å². The van der Waals surface area contributed by atoms with Crippen molar-refractivity contribution in [2.24, 2.45) is 5.92 Å². The summed E-state index contributed by atoms with van der Waals surface area (Å²) in [5, 5.41) is 5.96. The third kappa shape index (κ3) is 4.69. The first-order valence-electron chi connectivity index (χ1n) is 7.87. The molecule has 24 heavy (non-hydrogen) atoms. The molecule has 1 fully saturated rings. The fourth-order valence-electron chi connectivity index (χ4n) is 2.51. The highest BCUT2D eigenvalue weighted by Crippen LogP contribution is 2.21. The second-order valence-corrected chi connectivity index (χ2v) is 7.47. The number of nitrogens with one attached hydrogen (secondary N) is 4. The van der Waals surface area contributed by atoms with E-state index in [1.54, 1.807) is 24.3 Å². The average Bonchev–Trinajstić information content (AvgIpc) is 2.93. The number of rotatable bonds is 6. The van der Waals surface area contributed by atoms with Gasteiger partial charge in [-0.1, -0.05) is 53.5 Å². The molecule has 0 aliphatic carbocycles. The molecule has 1 heterocycles. The molecule has 1 saturated heterocycles. The zero-order valence-corrected chi connectivity index (χ0v) is 15.9. The van der Waals surface area contributed by atoms with Crippen LogP contribution in [0.5, 0.6) is 0 Å². The molecule has 8 heteroatoms. The first-order valence-corrected chi connectivity index (χ1v) is 9.16. The molecule has 0 saturated carbocycles. The van der Waals surface area contributed by atoms with Crippen molar-refractivity contribution in [3.63, 3.8) is 0 Å². The van der Waals surface area contributed by atoms with E-state index in [1.807, 2.05) is 0 Å². The van der Waals surface area contributed by atoms with Gasteiger partial charge < -0.3 is 10.6 Å². The molecule has 6 nitrogen and oxygen atoms in total. The summed E-state index contributed by atoms with van der Waals surface area (Å²) in [6, 6.07) is 6.67. The van der Waals surface area contributed by atoms with Crippen molar-refractivity contribution in [3.05, 3.63) is 34.9 Å². The summed E-state index contributed by atoms with van der Waals surface area (Å²) < 4.78 is 0. The molecule has 1 aromatic carbocycles. The maximum Gasteiger partial charge on any atom is 0.252 e. The largest absolute Gasteiger partial charge is 0.353 e. The second kappa shape index (κ2) is 8.80. The van der Waals surface area contributed by atoms with Crippen molar-refractivity contribution in [2.45, 2.75) is 30.8 Å². The van der Waals surface area contributed by atoms with Crippen LogP contribution >= 0.6 is 27.5 Å². The van der Waals surface area contributed by atoms with Crippen molar-refractivity contribution in [3.8, 4) is 0 Å². The summed E-state index contributed by atoms with van der Waals surface area (Å²) in [6.45, 7) is 4.87. The van der Waals surface area contributed by atoms with E-state index in [-0.39, 0.29) is 28.7 Å². The van der Waals surface area contributed by atoms with Gasteiger partial charge >= 0.3 is 0 Å². The first kappa shape index (κ1) is 19.2. The molecule has 1 aromatic rings. The van der Waals surface area contributed by atoms with Gasteiger partial charge in [-0.3, -0.25) is 15.0 Å². The monoisotopic (exact) mass is 416 g/mol. The van der Waals surface area contributed by atoms with Crippen molar-refractivity contribution >= 4 is 39.3 Å². The summed E-state index contributed by atoms with van der Waals surface area (Å²) in [5.74, 6) is 0.0304. The molecule has 4 N–H and O–H groups in total. The molecule has 2 amide bonds. The molecule has 2 rings (SSSR count). The zero-order chi connectivity index (χ0) is 17.7. The van der Waals surface area contributed by atoms with Crippen LogP contribution < -0.4 is 21.5 Å². The molecule has 0 aromatic heterocycles. The lowest BCUT2D eigenvalue weighted by Crippen LogP contribution is -2.47. The van der Waals surface area contributed by atoms with Crippen LogP contribution in [0.1, 0.15) is 24.2 Å². The van der Waals surface area contributed by atoms with Crippen LogP contribution in [0.2, 0.25) is 5.02 Å². The lowest BCUT2D eigenvalue weighted by molar-refractivity contribution is -0.122. The van der Waals surface area contributed by atoms with Crippen LogP contribution in [0.3, 0.4) is 0 Å². The molecule has 0 spiro atoms. The van der Waals surface area contributed by atoms with Gasteiger partial charge in [0.2, 0.25) is 5.91 Å². The smallest absolute Gasteiger partial charge is 0.252 e. The Morgan fingerprint density at radius 2 is 1.88 bits per heavy atom. The SMILES string of the molecule is CC(C)C1NNC(C(=O)NCCNC(=O)c2ccccc2Cl)C1Br. The van der Waals surface area contributed by atoms with Crippen molar-refractivity contribution in [1.29, 1.82) is 0 Å². The standard InChI is InChI=1S/C16H22BrClN4O2/c1-9(2)13-12(17)14(22-21-13)16(24)20-8-7-19-15(23)10-5-3-4-6-11(10)18/h3-6,9,12-14,21-22H,7-8H2,1-2H3,(H,19,23)(H,20,24). The van der Waals surface area contributed by atoms with Gasteiger partial charge in [0.15, 0.2) is 0 Å². The van der Waals surface area contributed by atoms with Gasteiger partial charge in [-0.2, -0.15) is 0 Å². The highest BCUT2D eigenvalue weighted by atomic mass is 79.9. The normalized spacial score (nSPS) is 23.3. The molecule has 0 bridgehead atoms. The van der Waals surface area contributed by atoms with E-state index in [0.717, 1.165) is 0 Å². The number of benzene rings is 1. The number of carbonyl (C=O) groups is 2. The summed E-state index contributed by atoms with van der Waals surface area (Å²) in [5.41, 5.74) is 6.56. The Hall–Kier alpha value is -1.15. The third-order valence-electron chi connectivity index (χ3n) is 3.90. The summed E-state index contributed by atoms with van der Waals surface area (Å²) in [6.07, 6.45) is 0. The molecular formula is C16H22BrClN4O2. The van der Waals surface area contributed by atoms with Crippen LogP contribution in [0, 0.1) is 5.92 Å². The highest BCUT2D eigenvalue weighted by Gasteiger charge is 2.39. The van der Waals surface area contributed by atoms with Crippen LogP contribution in [-0.2, 0) is 4.79 Å². The Kier molecular flexibility index (Phi) is 7.03. The van der Waals surface area contributed by atoms with Gasteiger partial charge in [-0.25, -0.2) is 5.43 Å². The molecule has 132 valence electrons. The van der Waals surface area contributed by atoms with E-state index in [2.05, 4.69) is 51.3 Å². The molecule has 1 aliphatic rings. The third-order valence-corrected chi connectivity index (χ3v) is 5.32. The molecular weight excluding hydrogens is 396 g/mol. The van der Waals surface area contributed by atoms with Crippen molar-refractivity contribution in [2.75, 3.05) is 13.1 Å². The molecule has 3 atom stereocenters. The fraction of sp³-hybridized carbons (Fsp3) is 0.500. The minimum Gasteiger partial charge on any atom is -0.353 e. The van der Waals surface area contributed by atoms with Crippen LogP contribution in [0.15, 0.2) is 24.3 Å². The first-order chi connectivity index (χ1) is 11.4. The number of hydrazine groups is 1. The van der Waals surface area contributed by atoms with E-state index >= 15 is 0 Å². The Labute approximate surface area is 155 Å². The number of carbonyl (C=O) groups excluding carboxylic acids is 2. The second-order valence-electron chi connectivity index (χ2n) is 6.01. The van der Waals surface area contributed by atoms with Gasteiger partial charge in [0, 0.05) is 19.1 Å². The molecule has 0 radical (unpaired) electrons. The van der Waals surface area contributed by atoms with Crippen molar-refractivity contribution < 1.29 is 9.59 Å². The Bertz CT molecular complexity index is 599. The van der Waals surface area contributed by atoms with Gasteiger partial charge in [0.1, 0.15) is 6.04 Å². The lowest BCUT2D eigenvalue weighted by Gasteiger charge is -2.19. The summed E-state index contributed by atoms with van der Waals surface area (Å²) in [4.78, 5) is 24.2. The molecule has 1 aliphatic heterocycles. The van der Waals surface area contributed by atoms with E-state index < -0.39 is 0 Å². The summed E-state index contributed by atoms with van der Waals surface area (Å²) >= 11 is 9.55. The Morgan fingerprint density at radius 3 is 2.50 bits per heavy atom. The topological polar surface area (TPSA) is 82.3 Å². The van der Waals surface area contributed by atoms with Gasteiger partial charge in [0.05, 0.1) is 15.4 Å². The highest BCUT2D eigenvalue weighted by molar-refractivity contribution is 9.09. The quantitative estimate of drug-likeness (QED) is 0.417. The van der Waals surface area contributed by atoms with Crippen molar-refractivity contribution in [1.82, 2.24) is 21.5 Å². The predicted octanol–water partition coefficient (Wildman–Crippen LogP) is 1.45. The number of alkyl halides is 1. The van der Waals surface area contributed by atoms with Gasteiger partial charge in [-0.05, 0) is 18.1 Å². The number of halogens is 2. The zero-order valence-electron chi connectivity index (χ0n) is 13.6. The van der Waals surface area contributed by atoms with Crippen LogP contribution in [0.4, 0.5) is 0 Å². The minimum absolute atomic E-state index is 0.00946. The van der Waals surface area contributed by atoms with Gasteiger partial charge in [-0.15, -0.1) is 0 Å². The van der Waals surface area contributed by atoms with Crippen LogP contribution in [-0.4, -0.2) is 41.8 Å². The number of amides is 2. The number of hydrogen-bond donors (Lipinski definition) is 4.